The lowest BCUT2D eigenvalue weighted by molar-refractivity contribution is -0.140. The monoisotopic (exact) mass is 421 g/mol. The Morgan fingerprint density at radius 3 is 2.65 bits per heavy atom. The largest absolute Gasteiger partial charge is 0.331 e. The van der Waals surface area contributed by atoms with Gasteiger partial charge in [-0.25, -0.2) is 9.67 Å². The summed E-state index contributed by atoms with van der Waals surface area (Å²) in [6.45, 7) is 5.02. The minimum Gasteiger partial charge on any atom is -0.331 e. The summed E-state index contributed by atoms with van der Waals surface area (Å²) in [5, 5.41) is 11.5. The van der Waals surface area contributed by atoms with Gasteiger partial charge in [0.2, 0.25) is 11.8 Å². The molecule has 0 unspecified atom stereocenters. The van der Waals surface area contributed by atoms with Crippen LogP contribution in [0.2, 0.25) is 0 Å². The van der Waals surface area contributed by atoms with Crippen LogP contribution in [-0.2, 0) is 16.1 Å². The third-order valence-electron chi connectivity index (χ3n) is 5.54. The Morgan fingerprint density at radius 1 is 1.16 bits per heavy atom. The zero-order chi connectivity index (χ0) is 21.8. The molecule has 1 saturated heterocycles. The first kappa shape index (κ1) is 20.8. The van der Waals surface area contributed by atoms with Gasteiger partial charge in [-0.15, -0.1) is 0 Å². The molecule has 162 valence electrons. The molecule has 31 heavy (non-hydrogen) atoms. The van der Waals surface area contributed by atoms with Crippen molar-refractivity contribution >= 4 is 17.5 Å². The van der Waals surface area contributed by atoms with Crippen LogP contribution in [-0.4, -0.2) is 53.8 Å². The van der Waals surface area contributed by atoms with Gasteiger partial charge in [0.15, 0.2) is 0 Å². The molecule has 1 aliphatic rings. The van der Waals surface area contributed by atoms with Crippen LogP contribution in [0.4, 0.5) is 5.69 Å². The van der Waals surface area contributed by atoms with Gasteiger partial charge in [-0.05, 0) is 63.4 Å². The van der Waals surface area contributed by atoms with E-state index in [1.54, 1.807) is 15.9 Å². The number of benzene rings is 1. The number of carbonyl (C=O) groups is 2. The summed E-state index contributed by atoms with van der Waals surface area (Å²) < 4.78 is 3.50. The van der Waals surface area contributed by atoms with Gasteiger partial charge in [0.05, 0.1) is 17.9 Å². The van der Waals surface area contributed by atoms with E-state index >= 15 is 0 Å². The smallest absolute Gasteiger partial charge is 0.247 e. The number of aryl methyl sites for hydroxylation is 3. The molecule has 9 heteroatoms. The highest BCUT2D eigenvalue weighted by Crippen LogP contribution is 2.21. The minimum absolute atomic E-state index is 0.0322. The first-order valence-electron chi connectivity index (χ1n) is 10.6. The molecule has 1 N–H and O–H groups in total. The van der Waals surface area contributed by atoms with Gasteiger partial charge in [-0.3, -0.25) is 14.3 Å². The van der Waals surface area contributed by atoms with Crippen molar-refractivity contribution in [2.24, 2.45) is 0 Å². The van der Waals surface area contributed by atoms with Crippen LogP contribution in [0.3, 0.4) is 0 Å². The number of aromatic nitrogens is 5. The van der Waals surface area contributed by atoms with Gasteiger partial charge in [-0.1, -0.05) is 0 Å². The lowest BCUT2D eigenvalue weighted by atomic mass is 10.0. The first-order chi connectivity index (χ1) is 15.0. The average molecular weight is 422 g/mol. The predicted octanol–water partition coefficient (Wildman–Crippen LogP) is 2.49. The fraction of sp³-hybridized carbons (Fsp3) is 0.409. The molecule has 1 fully saturated rings. The van der Waals surface area contributed by atoms with Gasteiger partial charge in [0.1, 0.15) is 18.7 Å². The van der Waals surface area contributed by atoms with Gasteiger partial charge in [-0.2, -0.15) is 10.2 Å². The third-order valence-corrected chi connectivity index (χ3v) is 5.54. The molecule has 2 amide bonds. The molecule has 3 aromatic rings. The van der Waals surface area contributed by atoms with Crippen molar-refractivity contribution in [2.45, 2.75) is 52.1 Å². The van der Waals surface area contributed by atoms with Gasteiger partial charge in [0.25, 0.3) is 0 Å². The average Bonchev–Trinajstić information content (AvgIpc) is 3.41. The standard InChI is InChI=1S/C22H27N7O2/c1-16-13-17(2)29(26-16)19-8-6-18(7-9-19)25-22(31)20-5-3-4-11-28(20)21(30)10-12-27-15-23-14-24-27/h6-9,13-15,20H,3-5,10-12H2,1-2H3,(H,25,31)/t20-/m0/s1. The van der Waals surface area contributed by atoms with Crippen LogP contribution in [0.15, 0.2) is 43.0 Å². The SMILES string of the molecule is Cc1cc(C)n(-c2ccc(NC(=O)[C@@H]3CCCCN3C(=O)CCn3cncn3)cc2)n1. The van der Waals surface area contributed by atoms with E-state index in [0.717, 1.165) is 29.9 Å². The van der Waals surface area contributed by atoms with Crippen LogP contribution in [0.25, 0.3) is 5.69 Å². The molecular formula is C22H27N7O2. The maximum atomic E-state index is 13.0. The van der Waals surface area contributed by atoms with E-state index in [0.29, 0.717) is 31.6 Å². The number of rotatable bonds is 6. The van der Waals surface area contributed by atoms with Crippen LogP contribution in [0.5, 0.6) is 0 Å². The minimum atomic E-state index is -0.451. The van der Waals surface area contributed by atoms with Crippen LogP contribution < -0.4 is 5.32 Å². The quantitative estimate of drug-likeness (QED) is 0.659. The molecule has 3 heterocycles. The summed E-state index contributed by atoms with van der Waals surface area (Å²) in [5.74, 6) is -0.178. The molecule has 1 aromatic carbocycles. The van der Waals surface area contributed by atoms with Crippen molar-refractivity contribution in [2.75, 3.05) is 11.9 Å². The van der Waals surface area contributed by atoms with Crippen molar-refractivity contribution in [3.8, 4) is 5.69 Å². The number of carbonyl (C=O) groups excluding carboxylic acids is 2. The summed E-state index contributed by atoms with van der Waals surface area (Å²) >= 11 is 0. The lowest BCUT2D eigenvalue weighted by Gasteiger charge is -2.34. The number of amides is 2. The zero-order valence-electron chi connectivity index (χ0n) is 17.9. The highest BCUT2D eigenvalue weighted by atomic mass is 16.2. The number of likely N-dealkylation sites (tertiary alicyclic amines) is 1. The Balaban J connectivity index is 1.40. The molecule has 2 aromatic heterocycles. The summed E-state index contributed by atoms with van der Waals surface area (Å²) in [5.41, 5.74) is 3.65. The molecule has 1 aliphatic heterocycles. The van der Waals surface area contributed by atoms with E-state index < -0.39 is 6.04 Å². The van der Waals surface area contributed by atoms with E-state index in [1.165, 1.54) is 6.33 Å². The van der Waals surface area contributed by atoms with Crippen molar-refractivity contribution in [3.05, 3.63) is 54.4 Å². The summed E-state index contributed by atoms with van der Waals surface area (Å²) in [6.07, 6.45) is 5.85. The van der Waals surface area contributed by atoms with Gasteiger partial charge in [0, 0.05) is 24.3 Å². The summed E-state index contributed by atoms with van der Waals surface area (Å²) in [4.78, 5) is 31.3. The van der Waals surface area contributed by atoms with E-state index in [9.17, 15) is 9.59 Å². The summed E-state index contributed by atoms with van der Waals surface area (Å²) in [7, 11) is 0. The first-order valence-corrected chi connectivity index (χ1v) is 10.6. The van der Waals surface area contributed by atoms with Crippen molar-refractivity contribution in [1.82, 2.24) is 29.4 Å². The van der Waals surface area contributed by atoms with Crippen molar-refractivity contribution in [1.29, 1.82) is 0 Å². The maximum absolute atomic E-state index is 13.0. The molecule has 1 atom stereocenters. The molecule has 9 nitrogen and oxygen atoms in total. The number of piperidine rings is 1. The lowest BCUT2D eigenvalue weighted by Crippen LogP contribution is -2.50. The molecule has 0 saturated carbocycles. The number of anilines is 1. The van der Waals surface area contributed by atoms with Crippen LogP contribution in [0.1, 0.15) is 37.1 Å². The number of nitrogens with zero attached hydrogens (tertiary/aromatic N) is 6. The maximum Gasteiger partial charge on any atom is 0.247 e. The molecule has 0 bridgehead atoms. The fourth-order valence-corrected chi connectivity index (χ4v) is 4.01. The van der Waals surface area contributed by atoms with E-state index in [4.69, 9.17) is 0 Å². The Morgan fingerprint density at radius 2 is 1.97 bits per heavy atom. The normalized spacial score (nSPS) is 16.3. The third kappa shape index (κ3) is 4.82. The second kappa shape index (κ2) is 9.11. The van der Waals surface area contributed by atoms with Crippen LogP contribution >= 0.6 is 0 Å². The zero-order valence-corrected chi connectivity index (χ0v) is 17.9. The topological polar surface area (TPSA) is 97.9 Å². The number of nitrogens with one attached hydrogen (secondary N) is 1. The van der Waals surface area contributed by atoms with Crippen molar-refractivity contribution < 1.29 is 9.59 Å². The van der Waals surface area contributed by atoms with Gasteiger partial charge < -0.3 is 10.2 Å². The Kier molecular flexibility index (Phi) is 6.11. The van der Waals surface area contributed by atoms with Gasteiger partial charge >= 0.3 is 0 Å². The van der Waals surface area contributed by atoms with Crippen molar-refractivity contribution in [3.63, 3.8) is 0 Å². The molecule has 0 aliphatic carbocycles. The Hall–Kier alpha value is -3.49. The second-order valence-corrected chi connectivity index (χ2v) is 7.88. The highest BCUT2D eigenvalue weighted by Gasteiger charge is 2.31. The van der Waals surface area contributed by atoms with E-state index in [2.05, 4.69) is 20.5 Å². The highest BCUT2D eigenvalue weighted by molar-refractivity contribution is 5.97. The number of hydrogen-bond acceptors (Lipinski definition) is 5. The van der Waals surface area contributed by atoms with E-state index in [1.807, 2.05) is 48.9 Å². The molecule has 0 radical (unpaired) electrons. The predicted molar refractivity (Wildman–Crippen MR) is 116 cm³/mol. The molecule has 0 spiro atoms. The fourth-order valence-electron chi connectivity index (χ4n) is 4.01. The second-order valence-electron chi connectivity index (χ2n) is 7.88. The Labute approximate surface area is 181 Å². The van der Waals surface area contributed by atoms with Crippen LogP contribution in [0, 0.1) is 13.8 Å². The Bertz CT molecular complexity index is 1040. The van der Waals surface area contributed by atoms with E-state index in [-0.39, 0.29) is 11.8 Å². The molecule has 4 rings (SSSR count). The summed E-state index contributed by atoms with van der Waals surface area (Å²) in [6, 6.07) is 9.15. The number of hydrogen-bond donors (Lipinski definition) is 1. The molecular weight excluding hydrogens is 394 g/mol.